The zero-order valence-corrected chi connectivity index (χ0v) is 15.5. The molecular formula is C20H23ClN2O2. The molecule has 0 aromatic heterocycles. The number of hydrogen-bond donors (Lipinski definition) is 1. The summed E-state index contributed by atoms with van der Waals surface area (Å²) in [5, 5.41) is 3.25. The standard InChI is InChI=1S/C20H23ClN2O2/c1-14-4-6-17(7-5-14)13-23(15(2)20(25)22-3)19(24)12-16-8-10-18(21)11-9-16/h4-11,15H,12-13H2,1-3H3,(H,22,25). The lowest BCUT2D eigenvalue weighted by molar-refractivity contribution is -0.139. The van der Waals surface area contributed by atoms with Gasteiger partial charge >= 0.3 is 0 Å². The summed E-state index contributed by atoms with van der Waals surface area (Å²) in [6.45, 7) is 4.15. The van der Waals surface area contributed by atoms with Crippen LogP contribution in [-0.4, -0.2) is 29.8 Å². The molecule has 0 aliphatic rings. The maximum absolute atomic E-state index is 12.8. The summed E-state index contributed by atoms with van der Waals surface area (Å²) in [6, 6.07) is 14.6. The molecule has 2 aromatic carbocycles. The lowest BCUT2D eigenvalue weighted by Gasteiger charge is -2.28. The zero-order chi connectivity index (χ0) is 18.4. The topological polar surface area (TPSA) is 49.4 Å². The van der Waals surface area contributed by atoms with Crippen molar-refractivity contribution >= 4 is 23.4 Å². The van der Waals surface area contributed by atoms with Crippen LogP contribution in [0.2, 0.25) is 5.02 Å². The van der Waals surface area contributed by atoms with Crippen molar-refractivity contribution in [3.63, 3.8) is 0 Å². The van der Waals surface area contributed by atoms with E-state index in [2.05, 4.69) is 5.32 Å². The lowest BCUT2D eigenvalue weighted by atomic mass is 10.1. The molecule has 0 heterocycles. The Hall–Kier alpha value is -2.33. The minimum Gasteiger partial charge on any atom is -0.357 e. The number of benzene rings is 2. The average Bonchev–Trinajstić information content (AvgIpc) is 2.61. The van der Waals surface area contributed by atoms with Gasteiger partial charge in [-0.1, -0.05) is 53.6 Å². The highest BCUT2D eigenvalue weighted by atomic mass is 35.5. The summed E-state index contributed by atoms with van der Waals surface area (Å²) in [6.07, 6.45) is 0.227. The van der Waals surface area contributed by atoms with Crippen LogP contribution in [-0.2, 0) is 22.6 Å². The van der Waals surface area contributed by atoms with Crippen LogP contribution in [0.5, 0.6) is 0 Å². The molecule has 25 heavy (non-hydrogen) atoms. The number of hydrogen-bond acceptors (Lipinski definition) is 2. The summed E-state index contributed by atoms with van der Waals surface area (Å²) in [4.78, 5) is 26.5. The number of carbonyl (C=O) groups is 2. The van der Waals surface area contributed by atoms with Gasteiger partial charge in [0.2, 0.25) is 11.8 Å². The Balaban J connectivity index is 2.20. The molecule has 0 fully saturated rings. The Labute approximate surface area is 153 Å². The summed E-state index contributed by atoms with van der Waals surface area (Å²) in [5.74, 6) is -0.282. The molecule has 1 N–H and O–H groups in total. The van der Waals surface area contributed by atoms with Gasteiger partial charge in [0.05, 0.1) is 6.42 Å². The minimum absolute atomic E-state index is 0.0982. The number of amides is 2. The molecule has 0 bridgehead atoms. The smallest absolute Gasteiger partial charge is 0.242 e. The fraction of sp³-hybridized carbons (Fsp3) is 0.300. The monoisotopic (exact) mass is 358 g/mol. The van der Waals surface area contributed by atoms with E-state index in [1.165, 1.54) is 0 Å². The van der Waals surface area contributed by atoms with Crippen LogP contribution < -0.4 is 5.32 Å². The first-order chi connectivity index (χ1) is 11.9. The molecule has 1 unspecified atom stereocenters. The first-order valence-electron chi connectivity index (χ1n) is 8.21. The lowest BCUT2D eigenvalue weighted by Crippen LogP contribution is -2.47. The van der Waals surface area contributed by atoms with Gasteiger partial charge in [-0.05, 0) is 37.1 Å². The van der Waals surface area contributed by atoms with Gasteiger partial charge in [-0.3, -0.25) is 9.59 Å². The molecule has 0 saturated heterocycles. The van der Waals surface area contributed by atoms with Gasteiger partial charge in [-0.15, -0.1) is 0 Å². The summed E-state index contributed by atoms with van der Waals surface area (Å²) >= 11 is 5.89. The van der Waals surface area contributed by atoms with Crippen molar-refractivity contribution in [2.45, 2.75) is 32.9 Å². The molecular weight excluding hydrogens is 336 g/mol. The molecule has 1 atom stereocenters. The van der Waals surface area contributed by atoms with Gasteiger partial charge in [0.15, 0.2) is 0 Å². The number of carbonyl (C=O) groups excluding carboxylic acids is 2. The molecule has 132 valence electrons. The molecule has 0 aliphatic heterocycles. The zero-order valence-electron chi connectivity index (χ0n) is 14.8. The van der Waals surface area contributed by atoms with Crippen LogP contribution in [0, 0.1) is 6.92 Å². The highest BCUT2D eigenvalue weighted by Gasteiger charge is 2.25. The van der Waals surface area contributed by atoms with Crippen LogP contribution in [0.25, 0.3) is 0 Å². The third-order valence-electron chi connectivity index (χ3n) is 4.16. The van der Waals surface area contributed by atoms with Crippen LogP contribution in [0.4, 0.5) is 0 Å². The average molecular weight is 359 g/mol. The summed E-state index contributed by atoms with van der Waals surface area (Å²) < 4.78 is 0. The number of halogens is 1. The Morgan fingerprint density at radius 1 is 1.04 bits per heavy atom. The molecule has 5 heteroatoms. The first-order valence-corrected chi connectivity index (χ1v) is 8.59. The summed E-state index contributed by atoms with van der Waals surface area (Å²) in [5.41, 5.74) is 3.01. The molecule has 2 rings (SSSR count). The highest BCUT2D eigenvalue weighted by Crippen LogP contribution is 2.15. The Morgan fingerprint density at radius 2 is 1.60 bits per heavy atom. The Morgan fingerprint density at radius 3 is 2.16 bits per heavy atom. The van der Waals surface area contributed by atoms with Gasteiger partial charge in [-0.25, -0.2) is 0 Å². The van der Waals surface area contributed by atoms with Gasteiger partial charge in [-0.2, -0.15) is 0 Å². The second kappa shape index (κ2) is 8.67. The van der Waals surface area contributed by atoms with Crippen molar-refractivity contribution in [1.29, 1.82) is 0 Å². The predicted molar refractivity (Wildman–Crippen MR) is 100 cm³/mol. The quantitative estimate of drug-likeness (QED) is 0.860. The van der Waals surface area contributed by atoms with Crippen molar-refractivity contribution in [2.24, 2.45) is 0 Å². The maximum atomic E-state index is 12.8. The van der Waals surface area contributed by atoms with E-state index in [0.29, 0.717) is 11.6 Å². The minimum atomic E-state index is -0.550. The fourth-order valence-electron chi connectivity index (χ4n) is 2.56. The van der Waals surface area contributed by atoms with E-state index in [9.17, 15) is 9.59 Å². The van der Waals surface area contributed by atoms with Crippen LogP contribution in [0.1, 0.15) is 23.6 Å². The molecule has 0 radical (unpaired) electrons. The SMILES string of the molecule is CNC(=O)C(C)N(Cc1ccc(C)cc1)C(=O)Cc1ccc(Cl)cc1. The second-order valence-corrected chi connectivity index (χ2v) is 6.54. The van der Waals surface area contributed by atoms with Gasteiger partial charge in [0, 0.05) is 18.6 Å². The van der Waals surface area contributed by atoms with E-state index in [1.807, 2.05) is 43.3 Å². The van der Waals surface area contributed by atoms with Crippen molar-refractivity contribution in [1.82, 2.24) is 10.2 Å². The van der Waals surface area contributed by atoms with Crippen LogP contribution >= 0.6 is 11.6 Å². The molecule has 4 nitrogen and oxygen atoms in total. The Kier molecular flexibility index (Phi) is 6.59. The predicted octanol–water partition coefficient (Wildman–Crippen LogP) is 3.35. The normalized spacial score (nSPS) is 11.7. The number of aryl methyl sites for hydroxylation is 1. The molecule has 2 aromatic rings. The van der Waals surface area contributed by atoms with Crippen molar-refractivity contribution in [3.05, 3.63) is 70.2 Å². The maximum Gasteiger partial charge on any atom is 0.242 e. The largest absolute Gasteiger partial charge is 0.357 e. The van der Waals surface area contributed by atoms with E-state index in [4.69, 9.17) is 11.6 Å². The van der Waals surface area contributed by atoms with Crippen molar-refractivity contribution in [3.8, 4) is 0 Å². The van der Waals surface area contributed by atoms with E-state index in [-0.39, 0.29) is 18.2 Å². The van der Waals surface area contributed by atoms with E-state index < -0.39 is 6.04 Å². The number of likely N-dealkylation sites (N-methyl/N-ethyl adjacent to an activating group) is 1. The third-order valence-corrected chi connectivity index (χ3v) is 4.41. The third kappa shape index (κ3) is 5.33. The van der Waals surface area contributed by atoms with E-state index >= 15 is 0 Å². The first kappa shape index (κ1) is 19.0. The highest BCUT2D eigenvalue weighted by molar-refractivity contribution is 6.30. The molecule has 0 aliphatic carbocycles. The van der Waals surface area contributed by atoms with E-state index in [0.717, 1.165) is 16.7 Å². The van der Waals surface area contributed by atoms with Crippen LogP contribution in [0.15, 0.2) is 48.5 Å². The molecule has 0 saturated carbocycles. The van der Waals surface area contributed by atoms with Gasteiger partial charge in [0.1, 0.15) is 6.04 Å². The molecule has 2 amide bonds. The molecule has 0 spiro atoms. The van der Waals surface area contributed by atoms with Gasteiger partial charge in [0.25, 0.3) is 0 Å². The summed E-state index contributed by atoms with van der Waals surface area (Å²) in [7, 11) is 1.58. The number of rotatable bonds is 6. The Bertz CT molecular complexity index is 726. The number of nitrogens with one attached hydrogen (secondary N) is 1. The number of nitrogens with zero attached hydrogens (tertiary/aromatic N) is 1. The van der Waals surface area contributed by atoms with Crippen molar-refractivity contribution in [2.75, 3.05) is 7.05 Å². The fourth-order valence-corrected chi connectivity index (χ4v) is 2.69. The van der Waals surface area contributed by atoms with Crippen molar-refractivity contribution < 1.29 is 9.59 Å². The van der Waals surface area contributed by atoms with Gasteiger partial charge < -0.3 is 10.2 Å². The van der Waals surface area contributed by atoms with E-state index in [1.54, 1.807) is 31.0 Å². The second-order valence-electron chi connectivity index (χ2n) is 6.10. The van der Waals surface area contributed by atoms with Crippen LogP contribution in [0.3, 0.4) is 0 Å².